The Morgan fingerprint density at radius 1 is 1.09 bits per heavy atom. The Morgan fingerprint density at radius 2 is 1.64 bits per heavy atom. The number of amides is 1. The number of carbonyl (C=O) groups is 1. The minimum absolute atomic E-state index is 0.0469. The first-order chi connectivity index (χ1) is 9.99. The van der Waals surface area contributed by atoms with Crippen LogP contribution in [0.5, 0.6) is 0 Å². The molecule has 0 heterocycles. The second-order valence-corrected chi connectivity index (χ2v) is 6.68. The molecule has 0 unspecified atom stereocenters. The molecule has 3 N–H and O–H groups in total. The number of alkyl halides is 2. The third kappa shape index (κ3) is 8.48. The zero-order valence-corrected chi connectivity index (χ0v) is 14.3. The van der Waals surface area contributed by atoms with Crippen molar-refractivity contribution in [2.45, 2.75) is 59.0 Å². The van der Waals surface area contributed by atoms with Gasteiger partial charge in [-0.2, -0.15) is 0 Å². The van der Waals surface area contributed by atoms with Crippen LogP contribution in [0.2, 0.25) is 0 Å². The molecular formula is C15H30F2N2O3. The lowest BCUT2D eigenvalue weighted by Crippen LogP contribution is -2.47. The summed E-state index contributed by atoms with van der Waals surface area (Å²) >= 11 is 0. The van der Waals surface area contributed by atoms with Crippen LogP contribution in [0.1, 0.15) is 47.5 Å². The summed E-state index contributed by atoms with van der Waals surface area (Å²) in [5, 5.41) is 14.1. The highest BCUT2D eigenvalue weighted by atomic mass is 19.3. The lowest BCUT2D eigenvalue weighted by atomic mass is 9.83. The topological polar surface area (TPSA) is 70.6 Å². The van der Waals surface area contributed by atoms with Gasteiger partial charge in [-0.15, -0.1) is 0 Å². The number of aliphatic hydroxyl groups excluding tert-OH is 1. The Balaban J connectivity index is 4.22. The molecule has 7 heteroatoms. The van der Waals surface area contributed by atoms with E-state index in [9.17, 15) is 18.7 Å². The maximum absolute atomic E-state index is 13.7. The van der Waals surface area contributed by atoms with E-state index in [1.807, 2.05) is 13.8 Å². The van der Waals surface area contributed by atoms with Gasteiger partial charge in [0.1, 0.15) is 5.60 Å². The van der Waals surface area contributed by atoms with Crippen LogP contribution in [0.25, 0.3) is 0 Å². The Bertz CT molecular complexity index is 332. The predicted molar refractivity (Wildman–Crippen MR) is 82.2 cm³/mol. The number of halogens is 2. The highest BCUT2D eigenvalue weighted by Gasteiger charge is 2.32. The van der Waals surface area contributed by atoms with Gasteiger partial charge < -0.3 is 20.5 Å². The van der Waals surface area contributed by atoms with Crippen molar-refractivity contribution in [3.63, 3.8) is 0 Å². The van der Waals surface area contributed by atoms with E-state index in [1.165, 1.54) is 0 Å². The van der Waals surface area contributed by atoms with Crippen molar-refractivity contribution in [1.82, 2.24) is 10.6 Å². The summed E-state index contributed by atoms with van der Waals surface area (Å²) in [6.07, 6.45) is 0.544. The molecule has 0 aliphatic heterocycles. The first-order valence-corrected chi connectivity index (χ1v) is 7.65. The number of nitrogens with one attached hydrogen (secondary N) is 2. The maximum atomic E-state index is 13.7. The third-order valence-electron chi connectivity index (χ3n) is 3.61. The first kappa shape index (κ1) is 21.0. The molecule has 5 nitrogen and oxygen atoms in total. The molecular weight excluding hydrogens is 294 g/mol. The molecule has 0 bridgehead atoms. The quantitative estimate of drug-likeness (QED) is 0.609. The van der Waals surface area contributed by atoms with Crippen LogP contribution in [-0.4, -0.2) is 49.0 Å². The molecule has 0 aromatic rings. The molecule has 0 rings (SSSR count). The standard InChI is InChI=1S/C15H30F2N2O3/c1-6-14(7-2,11-20)8-18-9-15(16,17)10-19-12(21)22-13(3,4)5/h18,20H,6-11H2,1-5H3,(H,19,21). The lowest BCUT2D eigenvalue weighted by Gasteiger charge is -2.30. The average Bonchev–Trinajstić information content (AvgIpc) is 2.40. The SMILES string of the molecule is CCC(CC)(CO)CNCC(F)(F)CNC(=O)OC(C)(C)C. The number of carbonyl (C=O) groups excluding carboxylic acids is 1. The molecule has 0 saturated carbocycles. The van der Waals surface area contributed by atoms with Crippen molar-refractivity contribution >= 4 is 6.09 Å². The van der Waals surface area contributed by atoms with Crippen molar-refractivity contribution in [2.24, 2.45) is 5.41 Å². The van der Waals surface area contributed by atoms with Gasteiger partial charge in [0.15, 0.2) is 0 Å². The van der Waals surface area contributed by atoms with Gasteiger partial charge in [-0.3, -0.25) is 0 Å². The van der Waals surface area contributed by atoms with Crippen molar-refractivity contribution < 1.29 is 23.4 Å². The van der Waals surface area contributed by atoms with Crippen LogP contribution < -0.4 is 10.6 Å². The van der Waals surface area contributed by atoms with E-state index in [1.54, 1.807) is 20.8 Å². The molecule has 1 amide bonds. The van der Waals surface area contributed by atoms with Gasteiger partial charge in [0.2, 0.25) is 0 Å². The Hall–Kier alpha value is -0.950. The van der Waals surface area contributed by atoms with E-state index < -0.39 is 30.7 Å². The lowest BCUT2D eigenvalue weighted by molar-refractivity contribution is -0.00734. The fraction of sp³-hybridized carbons (Fsp3) is 0.933. The minimum atomic E-state index is -3.08. The normalized spacial score (nSPS) is 13.1. The molecule has 22 heavy (non-hydrogen) atoms. The van der Waals surface area contributed by atoms with Crippen molar-refractivity contribution in [3.05, 3.63) is 0 Å². The zero-order chi connectivity index (χ0) is 17.4. The van der Waals surface area contributed by atoms with Gasteiger partial charge in [-0.25, -0.2) is 13.6 Å². The van der Waals surface area contributed by atoms with Crippen LogP contribution >= 0.6 is 0 Å². The van der Waals surface area contributed by atoms with Gasteiger partial charge in [0.25, 0.3) is 5.92 Å². The number of aliphatic hydroxyl groups is 1. The summed E-state index contributed by atoms with van der Waals surface area (Å²) < 4.78 is 32.3. The summed E-state index contributed by atoms with van der Waals surface area (Å²) in [5.74, 6) is -3.08. The highest BCUT2D eigenvalue weighted by Crippen LogP contribution is 2.24. The van der Waals surface area contributed by atoms with E-state index in [2.05, 4.69) is 10.6 Å². The number of alkyl carbamates (subject to hydrolysis) is 1. The largest absolute Gasteiger partial charge is 0.444 e. The van der Waals surface area contributed by atoms with E-state index in [0.29, 0.717) is 19.4 Å². The molecule has 0 spiro atoms. The van der Waals surface area contributed by atoms with Gasteiger partial charge in [0.05, 0.1) is 13.1 Å². The summed E-state index contributed by atoms with van der Waals surface area (Å²) in [7, 11) is 0. The van der Waals surface area contributed by atoms with Gasteiger partial charge in [0, 0.05) is 18.6 Å². The Morgan fingerprint density at radius 3 is 2.05 bits per heavy atom. The molecule has 0 saturated heterocycles. The van der Waals surface area contributed by atoms with E-state index in [-0.39, 0.29) is 12.0 Å². The van der Waals surface area contributed by atoms with Crippen LogP contribution in [0.15, 0.2) is 0 Å². The first-order valence-electron chi connectivity index (χ1n) is 7.65. The van der Waals surface area contributed by atoms with Gasteiger partial charge in [-0.05, 0) is 33.6 Å². The fourth-order valence-corrected chi connectivity index (χ4v) is 1.87. The monoisotopic (exact) mass is 324 g/mol. The molecule has 0 radical (unpaired) electrons. The zero-order valence-electron chi connectivity index (χ0n) is 14.3. The second kappa shape index (κ2) is 8.62. The van der Waals surface area contributed by atoms with Crippen molar-refractivity contribution in [3.8, 4) is 0 Å². The number of hydrogen-bond acceptors (Lipinski definition) is 4. The Labute approximate surface area is 131 Å². The maximum Gasteiger partial charge on any atom is 0.407 e. The van der Waals surface area contributed by atoms with Crippen molar-refractivity contribution in [2.75, 3.05) is 26.2 Å². The third-order valence-corrected chi connectivity index (χ3v) is 3.61. The van der Waals surface area contributed by atoms with Gasteiger partial charge >= 0.3 is 6.09 Å². The van der Waals surface area contributed by atoms with E-state index in [0.717, 1.165) is 0 Å². The molecule has 0 fully saturated rings. The van der Waals surface area contributed by atoms with Crippen LogP contribution in [-0.2, 0) is 4.74 Å². The molecule has 0 aliphatic rings. The predicted octanol–water partition coefficient (Wildman–Crippen LogP) is 2.53. The Kier molecular flexibility index (Phi) is 8.25. The van der Waals surface area contributed by atoms with Gasteiger partial charge in [-0.1, -0.05) is 13.8 Å². The summed E-state index contributed by atoms with van der Waals surface area (Å²) in [6.45, 7) is 7.73. The van der Waals surface area contributed by atoms with Crippen LogP contribution in [0, 0.1) is 5.41 Å². The molecule has 0 atom stereocenters. The van der Waals surface area contributed by atoms with Crippen LogP contribution in [0.4, 0.5) is 13.6 Å². The second-order valence-electron chi connectivity index (χ2n) is 6.68. The number of hydrogen-bond donors (Lipinski definition) is 3. The molecule has 0 aromatic heterocycles. The molecule has 0 aliphatic carbocycles. The highest BCUT2D eigenvalue weighted by molar-refractivity contribution is 5.67. The summed E-state index contributed by atoms with van der Waals surface area (Å²) in [6, 6.07) is 0. The number of rotatable bonds is 9. The molecule has 132 valence electrons. The average molecular weight is 324 g/mol. The summed E-state index contributed by atoms with van der Waals surface area (Å²) in [5.41, 5.74) is -1.10. The molecule has 0 aromatic carbocycles. The van der Waals surface area contributed by atoms with E-state index >= 15 is 0 Å². The fourth-order valence-electron chi connectivity index (χ4n) is 1.87. The number of ether oxygens (including phenoxy) is 1. The van der Waals surface area contributed by atoms with Crippen LogP contribution in [0.3, 0.4) is 0 Å². The van der Waals surface area contributed by atoms with E-state index in [4.69, 9.17) is 4.74 Å². The van der Waals surface area contributed by atoms with Crippen molar-refractivity contribution in [1.29, 1.82) is 0 Å². The summed E-state index contributed by atoms with van der Waals surface area (Å²) in [4.78, 5) is 11.4. The minimum Gasteiger partial charge on any atom is -0.444 e. The smallest absolute Gasteiger partial charge is 0.407 e.